The molecular formula is C12H14F3N3O2. The summed E-state index contributed by atoms with van der Waals surface area (Å²) in [5.41, 5.74) is 3.48. The molecule has 5 nitrogen and oxygen atoms in total. The number of benzene rings is 1. The Morgan fingerprint density at radius 3 is 2.40 bits per heavy atom. The maximum atomic E-state index is 13.4. The van der Waals surface area contributed by atoms with Gasteiger partial charge in [-0.1, -0.05) is 12.1 Å². The zero-order valence-electron chi connectivity index (χ0n) is 10.9. The van der Waals surface area contributed by atoms with Gasteiger partial charge in [0.1, 0.15) is 11.2 Å². The number of anilines is 1. The largest absolute Gasteiger partial charge is 0.409 e. The lowest BCUT2D eigenvalue weighted by molar-refractivity contribution is -0.121. The smallest absolute Gasteiger partial charge is 0.238 e. The summed E-state index contributed by atoms with van der Waals surface area (Å²) >= 11 is 0. The third-order valence-electron chi connectivity index (χ3n) is 3.14. The number of amidine groups is 1. The summed E-state index contributed by atoms with van der Waals surface area (Å²) in [6.07, 6.45) is 0.153. The summed E-state index contributed by atoms with van der Waals surface area (Å²) in [5, 5.41) is 13.5. The summed E-state index contributed by atoms with van der Waals surface area (Å²) in [5.74, 6) is -4.98. The van der Waals surface area contributed by atoms with Gasteiger partial charge in [-0.15, -0.1) is 0 Å². The minimum absolute atomic E-state index is 0.153. The summed E-state index contributed by atoms with van der Waals surface area (Å²) in [4.78, 5) is 12.0. The van der Waals surface area contributed by atoms with Crippen LogP contribution in [0.4, 0.5) is 18.9 Å². The maximum Gasteiger partial charge on any atom is 0.238 e. The summed E-state index contributed by atoms with van der Waals surface area (Å²) in [6, 6.07) is 0.836. The van der Waals surface area contributed by atoms with E-state index in [1.807, 2.05) is 0 Å². The van der Waals surface area contributed by atoms with E-state index in [2.05, 4.69) is 10.5 Å². The summed E-state index contributed by atoms with van der Waals surface area (Å²) in [7, 11) is 0. The highest BCUT2D eigenvalue weighted by Crippen LogP contribution is 2.26. The monoisotopic (exact) mass is 289 g/mol. The number of nitrogens with one attached hydrogen (secondary N) is 1. The van der Waals surface area contributed by atoms with E-state index in [0.29, 0.717) is 12.1 Å². The van der Waals surface area contributed by atoms with Gasteiger partial charge in [0.2, 0.25) is 5.91 Å². The number of hydrogen-bond donors (Lipinski definition) is 3. The van der Waals surface area contributed by atoms with Crippen LogP contribution in [0.15, 0.2) is 17.3 Å². The molecule has 0 saturated heterocycles. The zero-order valence-corrected chi connectivity index (χ0v) is 10.9. The molecule has 1 unspecified atom stereocenters. The van der Waals surface area contributed by atoms with E-state index in [9.17, 15) is 18.0 Å². The number of nitrogens with zero attached hydrogens (tertiary/aromatic N) is 1. The van der Waals surface area contributed by atoms with Gasteiger partial charge in [-0.05, 0) is 13.3 Å². The SMILES string of the molecule is CCC(C)(C(=O)Nc1cc(F)c(F)cc1F)/C(N)=N/O. The van der Waals surface area contributed by atoms with Crippen LogP contribution in [-0.4, -0.2) is 17.0 Å². The van der Waals surface area contributed by atoms with Gasteiger partial charge in [0.05, 0.1) is 5.69 Å². The summed E-state index contributed by atoms with van der Waals surface area (Å²) < 4.78 is 39.2. The van der Waals surface area contributed by atoms with E-state index in [4.69, 9.17) is 10.9 Å². The van der Waals surface area contributed by atoms with Crippen molar-refractivity contribution in [3.05, 3.63) is 29.6 Å². The van der Waals surface area contributed by atoms with Crippen LogP contribution >= 0.6 is 0 Å². The van der Waals surface area contributed by atoms with Crippen molar-refractivity contribution >= 4 is 17.4 Å². The lowest BCUT2D eigenvalue weighted by atomic mass is 9.85. The molecule has 0 heterocycles. The average molecular weight is 289 g/mol. The number of carbonyl (C=O) groups excluding carboxylic acids is 1. The molecule has 1 rings (SSSR count). The predicted octanol–water partition coefficient (Wildman–Crippen LogP) is 2.21. The molecule has 0 bridgehead atoms. The van der Waals surface area contributed by atoms with Crippen molar-refractivity contribution in [2.45, 2.75) is 20.3 Å². The van der Waals surface area contributed by atoms with Gasteiger partial charge >= 0.3 is 0 Å². The van der Waals surface area contributed by atoms with Crippen LogP contribution in [0.2, 0.25) is 0 Å². The third-order valence-corrected chi connectivity index (χ3v) is 3.14. The van der Waals surface area contributed by atoms with Crippen molar-refractivity contribution < 1.29 is 23.2 Å². The van der Waals surface area contributed by atoms with E-state index in [0.717, 1.165) is 0 Å². The fourth-order valence-corrected chi connectivity index (χ4v) is 1.45. The number of hydrogen-bond acceptors (Lipinski definition) is 3. The standard InChI is InChI=1S/C12H14F3N3O2/c1-3-12(2,10(16)18-20)11(19)17-9-5-7(14)6(13)4-8(9)15/h4-5,20H,3H2,1-2H3,(H2,16,18)(H,17,19). The van der Waals surface area contributed by atoms with Gasteiger partial charge < -0.3 is 16.3 Å². The van der Waals surface area contributed by atoms with E-state index in [1.165, 1.54) is 6.92 Å². The second kappa shape index (κ2) is 5.81. The molecule has 0 aliphatic heterocycles. The Morgan fingerprint density at radius 1 is 1.35 bits per heavy atom. The topological polar surface area (TPSA) is 87.7 Å². The highest BCUT2D eigenvalue weighted by atomic mass is 19.2. The first-order valence-electron chi connectivity index (χ1n) is 5.70. The quantitative estimate of drug-likeness (QED) is 0.261. The van der Waals surface area contributed by atoms with Crippen LogP contribution in [0, 0.1) is 22.9 Å². The van der Waals surface area contributed by atoms with E-state index < -0.39 is 34.5 Å². The molecule has 0 saturated carbocycles. The number of amides is 1. The molecular weight excluding hydrogens is 275 g/mol. The second-order valence-electron chi connectivity index (χ2n) is 4.37. The third kappa shape index (κ3) is 2.84. The summed E-state index contributed by atoms with van der Waals surface area (Å²) in [6.45, 7) is 2.97. The molecule has 1 amide bonds. The molecule has 0 spiro atoms. The normalized spacial score (nSPS) is 14.8. The fraction of sp³-hybridized carbons (Fsp3) is 0.333. The van der Waals surface area contributed by atoms with Crippen LogP contribution in [-0.2, 0) is 4.79 Å². The average Bonchev–Trinajstić information content (AvgIpc) is 2.42. The van der Waals surface area contributed by atoms with Gasteiger partial charge in [0.15, 0.2) is 17.5 Å². The van der Waals surface area contributed by atoms with Crippen molar-refractivity contribution in [1.82, 2.24) is 0 Å². The molecule has 8 heteroatoms. The highest BCUT2D eigenvalue weighted by Gasteiger charge is 2.36. The molecule has 0 fully saturated rings. The van der Waals surface area contributed by atoms with Crippen molar-refractivity contribution in [3.8, 4) is 0 Å². The Morgan fingerprint density at radius 2 is 1.90 bits per heavy atom. The van der Waals surface area contributed by atoms with Crippen molar-refractivity contribution in [2.75, 3.05) is 5.32 Å². The van der Waals surface area contributed by atoms with Gasteiger partial charge in [0.25, 0.3) is 0 Å². The molecule has 0 radical (unpaired) electrons. The minimum Gasteiger partial charge on any atom is -0.409 e. The molecule has 1 atom stereocenters. The van der Waals surface area contributed by atoms with Gasteiger partial charge in [-0.25, -0.2) is 13.2 Å². The lowest BCUT2D eigenvalue weighted by Gasteiger charge is -2.25. The van der Waals surface area contributed by atoms with E-state index in [-0.39, 0.29) is 12.3 Å². The van der Waals surface area contributed by atoms with Crippen molar-refractivity contribution in [2.24, 2.45) is 16.3 Å². The van der Waals surface area contributed by atoms with Gasteiger partial charge in [-0.3, -0.25) is 4.79 Å². The molecule has 1 aromatic rings. The Kier molecular flexibility index (Phi) is 4.59. The highest BCUT2D eigenvalue weighted by molar-refractivity contribution is 6.11. The first-order valence-corrected chi connectivity index (χ1v) is 5.70. The Bertz CT molecular complexity index is 563. The van der Waals surface area contributed by atoms with Crippen LogP contribution < -0.4 is 11.1 Å². The number of nitrogens with two attached hydrogens (primary N) is 1. The molecule has 1 aromatic carbocycles. The molecule has 0 aromatic heterocycles. The van der Waals surface area contributed by atoms with Crippen LogP contribution in [0.1, 0.15) is 20.3 Å². The fourth-order valence-electron chi connectivity index (χ4n) is 1.45. The van der Waals surface area contributed by atoms with Crippen molar-refractivity contribution in [1.29, 1.82) is 0 Å². The second-order valence-corrected chi connectivity index (χ2v) is 4.37. The van der Waals surface area contributed by atoms with Crippen LogP contribution in [0.5, 0.6) is 0 Å². The molecule has 4 N–H and O–H groups in total. The number of halogens is 3. The first kappa shape index (κ1) is 15.8. The Balaban J connectivity index is 3.10. The minimum atomic E-state index is -1.41. The van der Waals surface area contributed by atoms with E-state index in [1.54, 1.807) is 6.92 Å². The molecule has 110 valence electrons. The molecule has 0 aliphatic rings. The first-order chi connectivity index (χ1) is 9.26. The van der Waals surface area contributed by atoms with Gasteiger partial charge in [0, 0.05) is 12.1 Å². The van der Waals surface area contributed by atoms with Crippen LogP contribution in [0.3, 0.4) is 0 Å². The van der Waals surface area contributed by atoms with Crippen LogP contribution in [0.25, 0.3) is 0 Å². The van der Waals surface area contributed by atoms with Gasteiger partial charge in [-0.2, -0.15) is 0 Å². The predicted molar refractivity (Wildman–Crippen MR) is 66.8 cm³/mol. The Labute approximate surface area is 113 Å². The molecule has 20 heavy (non-hydrogen) atoms. The van der Waals surface area contributed by atoms with E-state index >= 15 is 0 Å². The number of carbonyl (C=O) groups is 1. The Hall–Kier alpha value is -2.25. The lowest BCUT2D eigenvalue weighted by Crippen LogP contribution is -2.44. The number of rotatable bonds is 4. The maximum absolute atomic E-state index is 13.4. The molecule has 0 aliphatic carbocycles. The number of oxime groups is 1. The zero-order chi connectivity index (χ0) is 15.5. The van der Waals surface area contributed by atoms with Crippen molar-refractivity contribution in [3.63, 3.8) is 0 Å².